The summed E-state index contributed by atoms with van der Waals surface area (Å²) in [5.41, 5.74) is -0.831. The average molecular weight is 349 g/mol. The van der Waals surface area contributed by atoms with Gasteiger partial charge in [0.05, 0.1) is 0 Å². The molecule has 7 heteroatoms. The van der Waals surface area contributed by atoms with Crippen LogP contribution in [0.3, 0.4) is 0 Å². The van der Waals surface area contributed by atoms with Gasteiger partial charge in [-0.25, -0.2) is 9.18 Å². The summed E-state index contributed by atoms with van der Waals surface area (Å²) in [6.07, 6.45) is 1.88. The molecule has 0 unspecified atom stereocenters. The van der Waals surface area contributed by atoms with Gasteiger partial charge in [-0.05, 0) is 50.6 Å². The molecule has 2 aliphatic heterocycles. The van der Waals surface area contributed by atoms with Gasteiger partial charge in [-0.3, -0.25) is 14.6 Å². The van der Waals surface area contributed by atoms with Crippen LogP contribution in [0.4, 0.5) is 9.18 Å². The number of nitrogens with zero attached hydrogens (tertiary/aromatic N) is 2. The van der Waals surface area contributed by atoms with Crippen molar-refractivity contribution in [3.8, 4) is 5.75 Å². The summed E-state index contributed by atoms with van der Waals surface area (Å²) < 4.78 is 18.5. The van der Waals surface area contributed by atoms with E-state index < -0.39 is 5.54 Å². The molecule has 25 heavy (non-hydrogen) atoms. The van der Waals surface area contributed by atoms with Crippen molar-refractivity contribution in [1.82, 2.24) is 15.1 Å². The fourth-order valence-corrected chi connectivity index (χ4v) is 3.63. The molecule has 0 radical (unpaired) electrons. The lowest BCUT2D eigenvalue weighted by Crippen LogP contribution is -2.56. The highest BCUT2D eigenvalue weighted by Crippen LogP contribution is 2.31. The van der Waals surface area contributed by atoms with Gasteiger partial charge in [-0.2, -0.15) is 0 Å². The zero-order valence-corrected chi connectivity index (χ0v) is 14.6. The van der Waals surface area contributed by atoms with Gasteiger partial charge in [-0.15, -0.1) is 0 Å². The normalized spacial score (nSPS) is 27.5. The number of hydrogen-bond donors (Lipinski definition) is 1. The Morgan fingerprint density at radius 3 is 2.68 bits per heavy atom. The van der Waals surface area contributed by atoms with Gasteiger partial charge in [-0.1, -0.05) is 0 Å². The van der Waals surface area contributed by atoms with Gasteiger partial charge >= 0.3 is 6.03 Å². The Morgan fingerprint density at radius 1 is 1.32 bits per heavy atom. The Balaban J connectivity index is 1.54. The molecule has 0 bridgehead atoms. The number of piperidine rings is 1. The Hall–Kier alpha value is -2.15. The van der Waals surface area contributed by atoms with Crippen LogP contribution in [0.2, 0.25) is 0 Å². The van der Waals surface area contributed by atoms with Gasteiger partial charge in [0.15, 0.2) is 0 Å². The number of rotatable bonds is 5. The Bertz CT molecular complexity index is 651. The topological polar surface area (TPSA) is 61.9 Å². The quantitative estimate of drug-likeness (QED) is 0.824. The monoisotopic (exact) mass is 349 g/mol. The first-order valence-electron chi connectivity index (χ1n) is 8.61. The first kappa shape index (κ1) is 17.7. The number of likely N-dealkylation sites (N-methyl/N-ethyl adjacent to an activating group) is 1. The maximum absolute atomic E-state index is 12.9. The molecule has 2 atom stereocenters. The van der Waals surface area contributed by atoms with Gasteiger partial charge in [0, 0.05) is 26.1 Å². The number of ether oxygens (including phenoxy) is 1. The number of amides is 3. The van der Waals surface area contributed by atoms with E-state index in [0.29, 0.717) is 12.4 Å². The van der Waals surface area contributed by atoms with Crippen LogP contribution in [0.25, 0.3) is 0 Å². The number of imide groups is 1. The minimum absolute atomic E-state index is 0.0773. The summed E-state index contributed by atoms with van der Waals surface area (Å²) in [4.78, 5) is 27.7. The molecule has 136 valence electrons. The second kappa shape index (κ2) is 7.00. The van der Waals surface area contributed by atoms with Gasteiger partial charge < -0.3 is 10.1 Å². The molecule has 2 fully saturated rings. The fourth-order valence-electron chi connectivity index (χ4n) is 3.63. The molecule has 1 aromatic carbocycles. The summed E-state index contributed by atoms with van der Waals surface area (Å²) in [6, 6.07) is 5.63. The molecular weight excluding hydrogens is 325 g/mol. The first-order chi connectivity index (χ1) is 11.9. The van der Waals surface area contributed by atoms with E-state index >= 15 is 0 Å². The van der Waals surface area contributed by atoms with E-state index in [2.05, 4.69) is 10.2 Å². The summed E-state index contributed by atoms with van der Waals surface area (Å²) >= 11 is 0. The number of benzene rings is 1. The third-order valence-corrected chi connectivity index (χ3v) is 5.23. The summed E-state index contributed by atoms with van der Waals surface area (Å²) in [6.45, 7) is 4.72. The average Bonchev–Trinajstić information content (AvgIpc) is 2.81. The van der Waals surface area contributed by atoms with Crippen molar-refractivity contribution in [3.63, 3.8) is 0 Å². The van der Waals surface area contributed by atoms with Crippen LogP contribution >= 0.6 is 0 Å². The SMILES string of the molecule is CN1C(=O)N[C@](C)([C@H]2CCCN(CCOc3ccc(F)cc3)C2)C1=O. The van der Waals surface area contributed by atoms with Crippen LogP contribution < -0.4 is 10.1 Å². The molecule has 0 aromatic heterocycles. The Kier molecular flexibility index (Phi) is 4.94. The van der Waals surface area contributed by atoms with Crippen LogP contribution in [0.5, 0.6) is 5.75 Å². The minimum Gasteiger partial charge on any atom is -0.492 e. The predicted molar refractivity (Wildman–Crippen MR) is 90.8 cm³/mol. The molecule has 2 aliphatic rings. The van der Waals surface area contributed by atoms with Crippen molar-refractivity contribution in [2.45, 2.75) is 25.3 Å². The number of urea groups is 1. The van der Waals surface area contributed by atoms with Gasteiger partial charge in [0.2, 0.25) is 0 Å². The second-order valence-electron chi connectivity index (χ2n) is 6.94. The van der Waals surface area contributed by atoms with E-state index in [0.717, 1.165) is 37.4 Å². The largest absolute Gasteiger partial charge is 0.492 e. The van der Waals surface area contributed by atoms with Gasteiger partial charge in [0.1, 0.15) is 23.7 Å². The van der Waals surface area contributed by atoms with Crippen LogP contribution in [0.1, 0.15) is 19.8 Å². The van der Waals surface area contributed by atoms with Crippen molar-refractivity contribution in [2.24, 2.45) is 5.92 Å². The van der Waals surface area contributed by atoms with Crippen molar-refractivity contribution in [3.05, 3.63) is 30.1 Å². The number of hydrogen-bond acceptors (Lipinski definition) is 4. The number of carbonyl (C=O) groups is 2. The molecule has 0 saturated carbocycles. The summed E-state index contributed by atoms with van der Waals surface area (Å²) in [5.74, 6) is 0.273. The van der Waals surface area contributed by atoms with E-state index in [1.807, 2.05) is 6.92 Å². The van der Waals surface area contributed by atoms with E-state index in [9.17, 15) is 14.0 Å². The van der Waals surface area contributed by atoms with Crippen LogP contribution in [-0.2, 0) is 4.79 Å². The summed E-state index contributed by atoms with van der Waals surface area (Å²) in [5, 5.41) is 2.85. The maximum atomic E-state index is 12.9. The van der Waals surface area contributed by atoms with Gasteiger partial charge in [0.25, 0.3) is 5.91 Å². The van der Waals surface area contributed by atoms with E-state index in [1.54, 1.807) is 12.1 Å². The standard InChI is InChI=1S/C18H24FN3O3/c1-18(16(23)21(2)17(24)20-18)13-4-3-9-22(12-13)10-11-25-15-7-5-14(19)6-8-15/h5-8,13H,3-4,9-12H2,1-2H3,(H,20,24)/t13-,18+/m0/s1. The zero-order chi connectivity index (χ0) is 18.0. The summed E-state index contributed by atoms with van der Waals surface area (Å²) in [7, 11) is 1.51. The number of halogens is 1. The molecule has 0 spiro atoms. The van der Waals surface area contributed by atoms with E-state index in [4.69, 9.17) is 4.74 Å². The molecule has 1 aromatic rings. The number of nitrogens with one attached hydrogen (secondary N) is 1. The minimum atomic E-state index is -0.831. The maximum Gasteiger partial charge on any atom is 0.324 e. The molecule has 6 nitrogen and oxygen atoms in total. The molecule has 3 rings (SSSR count). The molecule has 3 amide bonds. The van der Waals surface area contributed by atoms with Crippen molar-refractivity contribution >= 4 is 11.9 Å². The van der Waals surface area contributed by atoms with E-state index in [-0.39, 0.29) is 23.7 Å². The van der Waals surface area contributed by atoms with Crippen LogP contribution in [0.15, 0.2) is 24.3 Å². The smallest absolute Gasteiger partial charge is 0.324 e. The number of likely N-dealkylation sites (tertiary alicyclic amines) is 1. The molecule has 2 saturated heterocycles. The molecule has 0 aliphatic carbocycles. The predicted octanol–water partition coefficient (Wildman–Crippen LogP) is 1.86. The van der Waals surface area contributed by atoms with Crippen LogP contribution in [-0.4, -0.2) is 60.6 Å². The van der Waals surface area contributed by atoms with Crippen molar-refractivity contribution in [1.29, 1.82) is 0 Å². The number of carbonyl (C=O) groups excluding carboxylic acids is 2. The van der Waals surface area contributed by atoms with Crippen LogP contribution in [0, 0.1) is 11.7 Å². The Labute approximate surface area is 146 Å². The zero-order valence-electron chi connectivity index (χ0n) is 14.6. The highest BCUT2D eigenvalue weighted by Gasteiger charge is 2.51. The molecular formula is C18H24FN3O3. The lowest BCUT2D eigenvalue weighted by Gasteiger charge is -2.39. The Morgan fingerprint density at radius 2 is 2.04 bits per heavy atom. The lowest BCUT2D eigenvalue weighted by molar-refractivity contribution is -0.132. The molecule has 1 N–H and O–H groups in total. The third-order valence-electron chi connectivity index (χ3n) is 5.23. The molecule has 2 heterocycles. The highest BCUT2D eigenvalue weighted by atomic mass is 19.1. The lowest BCUT2D eigenvalue weighted by atomic mass is 9.80. The second-order valence-corrected chi connectivity index (χ2v) is 6.94. The highest BCUT2D eigenvalue weighted by molar-refractivity contribution is 6.06. The first-order valence-corrected chi connectivity index (χ1v) is 8.61. The van der Waals surface area contributed by atoms with Crippen molar-refractivity contribution < 1.29 is 18.7 Å². The van der Waals surface area contributed by atoms with E-state index in [1.165, 1.54) is 19.2 Å². The fraction of sp³-hybridized carbons (Fsp3) is 0.556. The van der Waals surface area contributed by atoms with Crippen molar-refractivity contribution in [2.75, 3.05) is 33.3 Å². The third kappa shape index (κ3) is 3.61.